The summed E-state index contributed by atoms with van der Waals surface area (Å²) in [5.41, 5.74) is 6.50. The number of aromatic nitrogens is 4. The van der Waals surface area contributed by atoms with Crippen molar-refractivity contribution in [3.05, 3.63) is 65.9 Å². The number of H-pyrrole nitrogens is 2. The van der Waals surface area contributed by atoms with E-state index in [0.29, 0.717) is 37.8 Å². The van der Waals surface area contributed by atoms with Gasteiger partial charge in [0.05, 0.1) is 55.8 Å². The van der Waals surface area contributed by atoms with E-state index in [2.05, 4.69) is 57.0 Å². The number of carbonyl (C=O) groups is 4. The van der Waals surface area contributed by atoms with Gasteiger partial charge in [-0.25, -0.2) is 19.6 Å². The zero-order valence-corrected chi connectivity index (χ0v) is 36.5. The molecule has 8 rings (SSSR count). The van der Waals surface area contributed by atoms with Crippen molar-refractivity contribution in [1.82, 2.24) is 40.4 Å². The van der Waals surface area contributed by atoms with Gasteiger partial charge in [0.2, 0.25) is 11.8 Å². The standard InChI is InChI=1S/C46H56N8O8/c1-23(2)38(51-45(57)60-7)43(55)53-20-26(21-59-6)15-36(53)42-48-33-13-11-27-17-32-30-12-10-28(16-29(30)22-62-37(32)18-31(27)40(33)50-42)34-19-47-41(49-34)35-14-9-25(5)54(35)44(56)39(24(3)4)52-46(58)61-8/h10-13,16-19,23-26,35-36,38-39H,9,14-15,20-22H2,1-8H3,(H,47,49)(H,48,50)(H,51,57)(H,52,58)/t25-,26-,35-,36-,38-,39?/m0/s1. The van der Waals surface area contributed by atoms with Gasteiger partial charge in [-0.3, -0.25) is 9.59 Å². The van der Waals surface area contributed by atoms with Gasteiger partial charge in [0.1, 0.15) is 36.1 Å². The Bertz CT molecular complexity index is 2510. The number of imidazole rings is 2. The Kier molecular flexibility index (Phi) is 11.9. The summed E-state index contributed by atoms with van der Waals surface area (Å²) in [6.07, 6.45) is 2.75. The van der Waals surface area contributed by atoms with E-state index in [9.17, 15) is 19.2 Å². The molecular weight excluding hydrogens is 793 g/mol. The number of hydrogen-bond donors (Lipinski definition) is 4. The minimum absolute atomic E-state index is 0.0204. The molecule has 4 amide bonds. The van der Waals surface area contributed by atoms with E-state index < -0.39 is 24.3 Å². The number of alkyl carbamates (subject to hydrolysis) is 2. The third kappa shape index (κ3) is 7.91. The predicted octanol–water partition coefficient (Wildman–Crippen LogP) is 7.01. The zero-order valence-electron chi connectivity index (χ0n) is 36.5. The fraction of sp³-hybridized carbons (Fsp3) is 0.478. The molecule has 328 valence electrons. The third-order valence-corrected chi connectivity index (χ3v) is 12.7. The maximum Gasteiger partial charge on any atom is 0.407 e. The molecule has 0 radical (unpaired) electrons. The van der Waals surface area contributed by atoms with E-state index in [1.807, 2.05) is 56.7 Å². The highest BCUT2D eigenvalue weighted by atomic mass is 16.5. The van der Waals surface area contributed by atoms with Crippen molar-refractivity contribution in [3.63, 3.8) is 0 Å². The Morgan fingerprint density at radius 2 is 1.58 bits per heavy atom. The molecule has 62 heavy (non-hydrogen) atoms. The van der Waals surface area contributed by atoms with Gasteiger partial charge in [0.15, 0.2) is 0 Å². The minimum atomic E-state index is -0.762. The maximum absolute atomic E-state index is 14.1. The van der Waals surface area contributed by atoms with Crippen molar-refractivity contribution in [2.45, 2.75) is 90.7 Å². The Balaban J connectivity index is 1.05. The van der Waals surface area contributed by atoms with Crippen molar-refractivity contribution < 1.29 is 38.1 Å². The largest absolute Gasteiger partial charge is 0.488 e. The molecule has 2 saturated heterocycles. The summed E-state index contributed by atoms with van der Waals surface area (Å²) in [6, 6.07) is 12.5. The molecule has 16 nitrogen and oxygen atoms in total. The summed E-state index contributed by atoms with van der Waals surface area (Å²) in [7, 11) is 4.24. The summed E-state index contributed by atoms with van der Waals surface area (Å²) in [5, 5.41) is 7.39. The predicted molar refractivity (Wildman–Crippen MR) is 232 cm³/mol. The topological polar surface area (TPSA) is 193 Å². The highest BCUT2D eigenvalue weighted by Crippen LogP contribution is 2.44. The molecule has 0 spiro atoms. The summed E-state index contributed by atoms with van der Waals surface area (Å²) >= 11 is 0. The van der Waals surface area contributed by atoms with Crippen LogP contribution in [0.5, 0.6) is 5.75 Å². The number of nitrogens with one attached hydrogen (secondary N) is 4. The zero-order chi connectivity index (χ0) is 44.0. The molecule has 16 heteroatoms. The first-order chi connectivity index (χ1) is 29.8. The third-order valence-electron chi connectivity index (χ3n) is 12.7. The number of methoxy groups -OCH3 is 3. The van der Waals surface area contributed by atoms with Crippen LogP contribution >= 0.6 is 0 Å². The lowest BCUT2D eigenvalue weighted by molar-refractivity contribution is -0.137. The second kappa shape index (κ2) is 17.3. The molecule has 1 unspecified atom stereocenters. The van der Waals surface area contributed by atoms with Crippen LogP contribution in [0.25, 0.3) is 44.2 Å². The van der Waals surface area contributed by atoms with Crippen LogP contribution < -0.4 is 15.4 Å². The molecule has 6 atom stereocenters. The van der Waals surface area contributed by atoms with Crippen LogP contribution in [-0.2, 0) is 30.4 Å². The molecule has 0 saturated carbocycles. The lowest BCUT2D eigenvalue weighted by atomic mass is 9.92. The molecular formula is C46H56N8O8. The van der Waals surface area contributed by atoms with Gasteiger partial charge < -0.3 is 49.3 Å². The first-order valence-corrected chi connectivity index (χ1v) is 21.4. The Labute approximate surface area is 360 Å². The summed E-state index contributed by atoms with van der Waals surface area (Å²) in [6.45, 7) is 11.0. The first-order valence-electron chi connectivity index (χ1n) is 21.4. The highest BCUT2D eigenvalue weighted by Gasteiger charge is 2.43. The summed E-state index contributed by atoms with van der Waals surface area (Å²) in [4.78, 5) is 72.8. The average molecular weight is 849 g/mol. The van der Waals surface area contributed by atoms with Crippen molar-refractivity contribution >= 4 is 45.8 Å². The molecule has 2 fully saturated rings. The average Bonchev–Trinajstić information content (AvgIpc) is 4.09. The fourth-order valence-electron chi connectivity index (χ4n) is 9.43. The maximum atomic E-state index is 14.1. The van der Waals surface area contributed by atoms with Crippen LogP contribution in [0.15, 0.2) is 48.7 Å². The van der Waals surface area contributed by atoms with E-state index >= 15 is 0 Å². The van der Waals surface area contributed by atoms with Gasteiger partial charge in [0, 0.05) is 36.6 Å². The molecule has 5 aromatic rings. The van der Waals surface area contributed by atoms with Crippen LogP contribution in [0.2, 0.25) is 0 Å². The van der Waals surface area contributed by atoms with Gasteiger partial charge >= 0.3 is 12.2 Å². The molecule has 5 heterocycles. The molecule has 0 bridgehead atoms. The van der Waals surface area contributed by atoms with Crippen LogP contribution in [0, 0.1) is 17.8 Å². The second-order valence-corrected chi connectivity index (χ2v) is 17.5. The van der Waals surface area contributed by atoms with Crippen LogP contribution in [-0.4, -0.2) is 106 Å². The lowest BCUT2D eigenvalue weighted by Crippen LogP contribution is -2.52. The van der Waals surface area contributed by atoms with Gasteiger partial charge in [0.25, 0.3) is 0 Å². The smallest absolute Gasteiger partial charge is 0.407 e. The minimum Gasteiger partial charge on any atom is -0.488 e. The number of ether oxygens (including phenoxy) is 4. The van der Waals surface area contributed by atoms with Crippen LogP contribution in [0.4, 0.5) is 9.59 Å². The molecule has 0 aliphatic carbocycles. The quantitative estimate of drug-likeness (QED) is 0.107. The van der Waals surface area contributed by atoms with Gasteiger partial charge in [-0.2, -0.15) is 0 Å². The Morgan fingerprint density at radius 3 is 2.27 bits per heavy atom. The molecule has 3 aliphatic rings. The van der Waals surface area contributed by atoms with Gasteiger partial charge in [-0.05, 0) is 84.4 Å². The van der Waals surface area contributed by atoms with Gasteiger partial charge in [-0.15, -0.1) is 0 Å². The number of nitrogens with zero attached hydrogens (tertiary/aromatic N) is 4. The number of amides is 4. The van der Waals surface area contributed by atoms with Crippen molar-refractivity contribution in [3.8, 4) is 28.1 Å². The Morgan fingerprint density at radius 1 is 0.855 bits per heavy atom. The number of hydrogen-bond acceptors (Lipinski definition) is 10. The normalized spacial score (nSPS) is 20.5. The molecule has 2 aromatic heterocycles. The second-order valence-electron chi connectivity index (χ2n) is 17.5. The van der Waals surface area contributed by atoms with Crippen LogP contribution in [0.3, 0.4) is 0 Å². The Hall–Kier alpha value is -6.16. The number of rotatable bonds is 11. The number of benzene rings is 3. The molecule has 3 aliphatic heterocycles. The van der Waals surface area contributed by atoms with E-state index in [4.69, 9.17) is 28.9 Å². The van der Waals surface area contributed by atoms with Crippen molar-refractivity contribution in [2.75, 3.05) is 34.5 Å². The number of likely N-dealkylation sites (tertiary alicyclic amines) is 2. The molecule has 3 aromatic carbocycles. The van der Waals surface area contributed by atoms with E-state index in [1.54, 1.807) is 7.11 Å². The van der Waals surface area contributed by atoms with E-state index in [1.165, 1.54) is 14.2 Å². The summed E-state index contributed by atoms with van der Waals surface area (Å²) < 4.78 is 21.6. The summed E-state index contributed by atoms with van der Waals surface area (Å²) in [5.74, 6) is 1.59. The van der Waals surface area contributed by atoms with Crippen LogP contribution in [0.1, 0.15) is 83.2 Å². The van der Waals surface area contributed by atoms with Crippen molar-refractivity contribution in [1.29, 1.82) is 0 Å². The monoisotopic (exact) mass is 848 g/mol. The first kappa shape index (κ1) is 42.5. The number of fused-ring (bicyclic) bond motifs is 6. The fourth-order valence-corrected chi connectivity index (χ4v) is 9.43. The highest BCUT2D eigenvalue weighted by molar-refractivity contribution is 6.07. The van der Waals surface area contributed by atoms with E-state index in [0.717, 1.165) is 68.3 Å². The lowest BCUT2D eigenvalue weighted by Gasteiger charge is -2.32. The number of carbonyl (C=O) groups excluding carboxylic acids is 4. The molecule has 4 N–H and O–H groups in total. The van der Waals surface area contributed by atoms with Gasteiger partial charge in [-0.1, -0.05) is 45.9 Å². The van der Waals surface area contributed by atoms with E-state index in [-0.39, 0.29) is 47.7 Å². The van der Waals surface area contributed by atoms with Crippen molar-refractivity contribution in [2.24, 2.45) is 17.8 Å². The number of aromatic amines is 2. The SMILES string of the molecule is COC[C@H]1C[C@@H](c2nc3c(ccc4cc5c(cc43)OCc3cc(-c4cnc([C@@H]6CC[C@H](C)N6C(=O)C(NC(=O)OC)C(C)C)[nH]4)ccc3-5)[nH]2)N(C(=O)[C@@H](NC(=O)OC)C(C)C)C1.